The van der Waals surface area contributed by atoms with Crippen LogP contribution in [0.1, 0.15) is 45.6 Å². The first kappa shape index (κ1) is 29.3. The Kier molecular flexibility index (Phi) is 7.20. The van der Waals surface area contributed by atoms with Gasteiger partial charge in [0.15, 0.2) is 0 Å². The maximum Gasteiger partial charge on any atom is 0.269 e. The lowest BCUT2D eigenvalue weighted by Crippen LogP contribution is -2.31. The average molecular weight is 837 g/mol. The number of pyridine rings is 1. The molecule has 0 fully saturated rings. The van der Waals surface area contributed by atoms with E-state index in [0.717, 1.165) is 44.3 Å². The van der Waals surface area contributed by atoms with E-state index in [0.29, 0.717) is 28.2 Å². The highest BCUT2D eigenvalue weighted by Crippen LogP contribution is 2.39. The molecule has 0 aliphatic heterocycles. The van der Waals surface area contributed by atoms with E-state index in [4.69, 9.17) is 23.4 Å². The summed E-state index contributed by atoms with van der Waals surface area (Å²) in [6, 6.07) is 39.6. The van der Waals surface area contributed by atoms with E-state index in [1.165, 1.54) is 5.56 Å². The Morgan fingerprint density at radius 2 is 1.27 bits per heavy atom. The summed E-state index contributed by atoms with van der Waals surface area (Å²) in [4.78, 5) is 4.91. The third-order valence-electron chi connectivity index (χ3n) is 11.7. The van der Waals surface area contributed by atoms with Crippen LogP contribution < -0.4 is 9.30 Å². The zero-order valence-corrected chi connectivity index (χ0v) is 35.6. The van der Waals surface area contributed by atoms with Crippen molar-refractivity contribution >= 4 is 32.8 Å². The number of rotatable bonds is 8. The van der Waals surface area contributed by atoms with E-state index in [9.17, 15) is 0 Å². The topological polar surface area (TPSA) is 35.9 Å². The lowest BCUT2D eigenvalue weighted by atomic mass is 9.88. The first-order valence-electron chi connectivity index (χ1n) is 26.0. The molecule has 0 unspecified atom stereocenters. The summed E-state index contributed by atoms with van der Waals surface area (Å²) in [6.45, 7) is 8.68. The number of imidazole rings is 1. The van der Waals surface area contributed by atoms with Crippen LogP contribution in [0.3, 0.4) is 0 Å². The molecule has 5 heteroatoms. The molecule has 0 saturated carbocycles. The highest BCUT2D eigenvalue weighted by molar-refractivity contribution is 6.10. The molecule has 0 atom stereocenters. The van der Waals surface area contributed by atoms with Crippen LogP contribution in [0.5, 0.6) is 11.5 Å². The number of ether oxygens (including phenoxy) is 1. The van der Waals surface area contributed by atoms with Gasteiger partial charge in [-0.3, -0.25) is 13.7 Å². The zero-order chi connectivity index (χ0) is 52.1. The Morgan fingerprint density at radius 1 is 0.578 bits per heavy atom. The molecule has 0 N–H and O–H groups in total. The van der Waals surface area contributed by atoms with Crippen molar-refractivity contribution in [3.63, 3.8) is 0 Å². The predicted molar refractivity (Wildman–Crippen MR) is 262 cm³/mol. The van der Waals surface area contributed by atoms with Gasteiger partial charge in [-0.05, 0) is 111 Å². The fourth-order valence-corrected chi connectivity index (χ4v) is 8.58. The second-order valence-electron chi connectivity index (χ2n) is 16.8. The molecule has 64 heavy (non-hydrogen) atoms. The Bertz CT molecular complexity index is 3990. The summed E-state index contributed by atoms with van der Waals surface area (Å²) < 4.78 is 99.6. The molecule has 0 spiro atoms. The van der Waals surface area contributed by atoms with Crippen LogP contribution in [0.4, 0.5) is 0 Å². The summed E-state index contributed by atoms with van der Waals surface area (Å²) in [7, 11) is 0. The smallest absolute Gasteiger partial charge is 0.269 e. The monoisotopic (exact) mass is 836 g/mol. The minimum atomic E-state index is -0.567. The number of aromatic nitrogens is 4. The highest BCUT2D eigenvalue weighted by atomic mass is 16.5. The molecule has 308 valence electrons. The van der Waals surface area contributed by atoms with Crippen LogP contribution >= 0.6 is 0 Å². The Balaban J connectivity index is 1.08. The zero-order valence-electron chi connectivity index (χ0n) is 45.6. The van der Waals surface area contributed by atoms with Crippen molar-refractivity contribution in [1.82, 2.24) is 14.1 Å². The van der Waals surface area contributed by atoms with Crippen LogP contribution in [0, 0.1) is 13.3 Å². The standard InChI is InChI=1S/C59H46N4O/c1-40-17-11-12-24-48(40)43-29-32-53-52(35-43)51-31-30-47(38-56(51)63(53)57-36-44(33-34-60-57)59(2,3)4)64-46-23-15-22-45(37-46)61-39-62(55-28-14-13-27-54(55)61)58-49(41-18-7-5-8-19-41)25-16-26-50(58)42-20-9-6-10-21-42/h5-38H,1-4H3/i5D,6D,7D,8D,9D,10D,18D,19D,20D,21D. The first-order chi connectivity index (χ1) is 35.4. The summed E-state index contributed by atoms with van der Waals surface area (Å²) in [6.07, 6.45) is 5.31. The number of fused-ring (bicyclic) bond motifs is 4. The van der Waals surface area contributed by atoms with Crippen LogP contribution in [-0.4, -0.2) is 14.1 Å². The van der Waals surface area contributed by atoms with Crippen molar-refractivity contribution in [2.75, 3.05) is 0 Å². The molecule has 0 amide bonds. The number of nitrogens with zero attached hydrogens (tertiary/aromatic N) is 4. The second-order valence-corrected chi connectivity index (χ2v) is 16.8. The van der Waals surface area contributed by atoms with E-state index in [-0.39, 0.29) is 33.4 Å². The van der Waals surface area contributed by atoms with Gasteiger partial charge >= 0.3 is 0 Å². The number of para-hydroxylation sites is 3. The van der Waals surface area contributed by atoms with Crippen molar-refractivity contribution in [1.29, 1.82) is 0 Å². The summed E-state index contributed by atoms with van der Waals surface area (Å²) >= 11 is 0. The van der Waals surface area contributed by atoms with Gasteiger partial charge in [-0.1, -0.05) is 160 Å². The van der Waals surface area contributed by atoms with Crippen molar-refractivity contribution in [3.8, 4) is 62.1 Å². The lowest BCUT2D eigenvalue weighted by Gasteiger charge is -2.20. The molecule has 0 saturated heterocycles. The molecule has 3 heterocycles. The van der Waals surface area contributed by atoms with Gasteiger partial charge in [-0.25, -0.2) is 4.98 Å². The molecular weight excluding hydrogens is 781 g/mol. The molecule has 8 aromatic carbocycles. The van der Waals surface area contributed by atoms with Gasteiger partial charge in [0.25, 0.3) is 6.33 Å². The van der Waals surface area contributed by atoms with Gasteiger partial charge in [-0.2, -0.15) is 0 Å². The molecule has 0 bridgehead atoms. The number of benzene rings is 8. The van der Waals surface area contributed by atoms with Crippen LogP contribution in [0.2, 0.25) is 0 Å². The van der Waals surface area contributed by atoms with Gasteiger partial charge < -0.3 is 4.74 Å². The van der Waals surface area contributed by atoms with Gasteiger partial charge in [0, 0.05) is 23.0 Å². The third-order valence-corrected chi connectivity index (χ3v) is 11.7. The van der Waals surface area contributed by atoms with E-state index >= 15 is 0 Å². The lowest BCUT2D eigenvalue weighted by molar-refractivity contribution is -0.571. The molecule has 11 rings (SSSR count). The molecular formula is C59H46N4O. The minimum absolute atomic E-state index is 0.115. The average Bonchev–Trinajstić information content (AvgIpc) is 3.94. The van der Waals surface area contributed by atoms with E-state index in [1.807, 2.05) is 72.9 Å². The fraction of sp³-hybridized carbons (Fsp3) is 0.0847. The van der Waals surface area contributed by atoms with Crippen LogP contribution in [0.15, 0.2) is 206 Å². The molecule has 5 nitrogen and oxygen atoms in total. The fourth-order valence-electron chi connectivity index (χ4n) is 8.58. The van der Waals surface area contributed by atoms with Crippen LogP contribution in [-0.2, 0) is 5.41 Å². The maximum absolute atomic E-state index is 9.04. The first-order valence-corrected chi connectivity index (χ1v) is 21.0. The summed E-state index contributed by atoms with van der Waals surface area (Å²) in [5.74, 6) is 1.87. The van der Waals surface area contributed by atoms with Gasteiger partial charge in [0.2, 0.25) is 0 Å². The predicted octanol–water partition coefficient (Wildman–Crippen LogP) is 14.6. The summed E-state index contributed by atoms with van der Waals surface area (Å²) in [5.41, 5.74) is 8.48. The van der Waals surface area contributed by atoms with E-state index in [2.05, 4.69) is 93.2 Å². The van der Waals surface area contributed by atoms with Crippen molar-refractivity contribution < 1.29 is 23.0 Å². The third kappa shape index (κ3) is 6.92. The maximum atomic E-state index is 9.04. The Morgan fingerprint density at radius 3 is 2.02 bits per heavy atom. The SMILES string of the molecule is [2H]c1c([2H])c([2H])c(-c2cccc(-c3c([2H])c([2H])c([2H])c([2H])c3[2H])c2-[n+]2[c-]n(-c3cccc(Oc4ccc5c6cc(-c7ccccc7C)ccc6n(-c6cc(C(C)(C)C)ccn6)c5c4)c3)c3ccccc32)c([2H])c1[2H]. The quantitative estimate of drug-likeness (QED) is 0.113. The van der Waals surface area contributed by atoms with E-state index in [1.54, 1.807) is 27.3 Å². The van der Waals surface area contributed by atoms with Crippen LogP contribution in [0.25, 0.3) is 83.4 Å². The van der Waals surface area contributed by atoms with E-state index < -0.39 is 60.4 Å². The van der Waals surface area contributed by atoms with Crippen molar-refractivity contribution in [2.45, 2.75) is 33.1 Å². The normalized spacial score (nSPS) is 13.9. The summed E-state index contributed by atoms with van der Waals surface area (Å²) in [5, 5.41) is 2.10. The van der Waals surface area contributed by atoms with Crippen molar-refractivity contribution in [2.24, 2.45) is 0 Å². The highest BCUT2D eigenvalue weighted by Gasteiger charge is 2.22. The molecule has 0 aliphatic rings. The Hall–Kier alpha value is -8.02. The largest absolute Gasteiger partial charge is 0.458 e. The Labute approximate surface area is 387 Å². The molecule has 0 aliphatic carbocycles. The van der Waals surface area contributed by atoms with Crippen molar-refractivity contribution in [3.05, 3.63) is 224 Å². The molecule has 11 aromatic rings. The van der Waals surface area contributed by atoms with Gasteiger partial charge in [0.05, 0.1) is 47.1 Å². The minimum Gasteiger partial charge on any atom is -0.458 e. The number of aryl methyl sites for hydroxylation is 1. The second kappa shape index (κ2) is 15.7. The molecule has 0 radical (unpaired) electrons. The molecule has 3 aromatic heterocycles. The van der Waals surface area contributed by atoms with Gasteiger partial charge in [0.1, 0.15) is 17.3 Å². The number of hydrogen-bond acceptors (Lipinski definition) is 2. The van der Waals surface area contributed by atoms with Gasteiger partial charge in [-0.15, -0.1) is 0 Å². The number of hydrogen-bond donors (Lipinski definition) is 0.